The summed E-state index contributed by atoms with van der Waals surface area (Å²) in [6.07, 6.45) is 0. The average Bonchev–Trinajstić information content (AvgIpc) is 1.55. The molecule has 0 aliphatic rings. The van der Waals surface area contributed by atoms with E-state index in [-0.39, 0.29) is 11.2 Å². The second-order valence-electron chi connectivity index (χ2n) is 3.82. The first-order valence-electron chi connectivity index (χ1n) is 3.74. The van der Waals surface area contributed by atoms with Crippen LogP contribution in [0.25, 0.3) is 0 Å². The molecule has 1 N–H and O–H groups in total. The van der Waals surface area contributed by atoms with Gasteiger partial charge in [-0.05, 0) is 5.41 Å². The Bertz CT molecular complexity index is 201. The minimum Gasteiger partial charge on any atom is -0.215 e. The largest absolute Gasteiger partial charge is 0.215 e. The molecular weight excluding hydrogens is 162 g/mol. The first-order chi connectivity index (χ1) is 4.77. The molecule has 0 aliphatic heterocycles. The van der Waals surface area contributed by atoms with Crippen LogP contribution in [0.5, 0.6) is 0 Å². The molecule has 0 saturated heterocycles. The highest BCUT2D eigenvalue weighted by molar-refractivity contribution is 7.89. The molecule has 0 aromatic heterocycles. The fraction of sp³-hybridized carbons (Fsp3) is 1.00. The third kappa shape index (κ3) is 6.31. The molecule has 0 aromatic rings. The predicted molar refractivity (Wildman–Crippen MR) is 46.9 cm³/mol. The van der Waals surface area contributed by atoms with Crippen LogP contribution in [0.4, 0.5) is 0 Å². The standard InChI is InChI=1S/C7H17NO2S/c1-5-8-11(9,10)6-7(2,3)4/h8H,5-6H2,1-4H3. The van der Waals surface area contributed by atoms with E-state index < -0.39 is 10.0 Å². The van der Waals surface area contributed by atoms with Crippen molar-refractivity contribution >= 4 is 10.0 Å². The van der Waals surface area contributed by atoms with Gasteiger partial charge in [-0.1, -0.05) is 27.7 Å². The van der Waals surface area contributed by atoms with Crippen LogP contribution in [-0.2, 0) is 10.0 Å². The molecule has 0 spiro atoms. The van der Waals surface area contributed by atoms with Gasteiger partial charge in [0.1, 0.15) is 0 Å². The number of rotatable bonds is 3. The van der Waals surface area contributed by atoms with Gasteiger partial charge in [-0.3, -0.25) is 0 Å². The molecule has 0 amide bonds. The van der Waals surface area contributed by atoms with Gasteiger partial charge in [-0.15, -0.1) is 0 Å². The Hall–Kier alpha value is -0.0900. The van der Waals surface area contributed by atoms with Crippen LogP contribution < -0.4 is 4.72 Å². The molecule has 0 atom stereocenters. The number of nitrogens with one attached hydrogen (secondary N) is 1. The Morgan fingerprint density at radius 3 is 2.00 bits per heavy atom. The van der Waals surface area contributed by atoms with Gasteiger partial charge in [0, 0.05) is 6.54 Å². The van der Waals surface area contributed by atoms with Gasteiger partial charge >= 0.3 is 0 Å². The molecule has 0 aliphatic carbocycles. The van der Waals surface area contributed by atoms with Gasteiger partial charge in [0.2, 0.25) is 10.0 Å². The number of sulfonamides is 1. The molecule has 0 fully saturated rings. The maximum absolute atomic E-state index is 11.1. The number of hydrogen-bond acceptors (Lipinski definition) is 2. The van der Waals surface area contributed by atoms with Crippen LogP contribution in [0.2, 0.25) is 0 Å². The van der Waals surface area contributed by atoms with E-state index in [1.807, 2.05) is 20.8 Å². The molecule has 11 heavy (non-hydrogen) atoms. The molecule has 0 radical (unpaired) electrons. The fourth-order valence-electron chi connectivity index (χ4n) is 0.841. The Morgan fingerprint density at radius 2 is 1.73 bits per heavy atom. The van der Waals surface area contributed by atoms with Gasteiger partial charge in [-0.2, -0.15) is 0 Å². The first kappa shape index (κ1) is 10.9. The molecule has 4 heteroatoms. The maximum atomic E-state index is 11.1. The van der Waals surface area contributed by atoms with Gasteiger partial charge in [0.05, 0.1) is 5.75 Å². The van der Waals surface area contributed by atoms with Crippen molar-refractivity contribution in [3.8, 4) is 0 Å². The van der Waals surface area contributed by atoms with Crippen LogP contribution in [0.3, 0.4) is 0 Å². The van der Waals surface area contributed by atoms with E-state index in [2.05, 4.69) is 4.72 Å². The molecule has 68 valence electrons. The minimum atomic E-state index is -3.04. The molecule has 0 unspecified atom stereocenters. The summed E-state index contributed by atoms with van der Waals surface area (Å²) < 4.78 is 24.7. The van der Waals surface area contributed by atoms with Crippen molar-refractivity contribution in [2.75, 3.05) is 12.3 Å². The lowest BCUT2D eigenvalue weighted by atomic mass is 10.0. The highest BCUT2D eigenvalue weighted by Crippen LogP contribution is 2.14. The van der Waals surface area contributed by atoms with Gasteiger partial charge in [0.25, 0.3) is 0 Å². The summed E-state index contributed by atoms with van der Waals surface area (Å²) in [6, 6.07) is 0. The van der Waals surface area contributed by atoms with E-state index in [0.29, 0.717) is 6.54 Å². The maximum Gasteiger partial charge on any atom is 0.212 e. The summed E-state index contributed by atoms with van der Waals surface area (Å²) in [5, 5.41) is 0. The van der Waals surface area contributed by atoms with Crippen molar-refractivity contribution in [2.45, 2.75) is 27.7 Å². The summed E-state index contributed by atoms with van der Waals surface area (Å²) >= 11 is 0. The van der Waals surface area contributed by atoms with E-state index >= 15 is 0 Å². The molecule has 0 aromatic carbocycles. The van der Waals surface area contributed by atoms with Crippen LogP contribution in [0.15, 0.2) is 0 Å². The molecule has 0 rings (SSSR count). The van der Waals surface area contributed by atoms with Crippen molar-refractivity contribution in [1.29, 1.82) is 0 Å². The topological polar surface area (TPSA) is 46.2 Å². The summed E-state index contributed by atoms with van der Waals surface area (Å²) in [7, 11) is -3.04. The molecule has 0 bridgehead atoms. The summed E-state index contributed by atoms with van der Waals surface area (Å²) in [4.78, 5) is 0. The second-order valence-corrected chi connectivity index (χ2v) is 5.62. The molecular formula is C7H17NO2S. The summed E-state index contributed by atoms with van der Waals surface area (Å²) in [6.45, 7) is 7.96. The van der Waals surface area contributed by atoms with Crippen molar-refractivity contribution < 1.29 is 8.42 Å². The Balaban J connectivity index is 4.15. The second kappa shape index (κ2) is 3.54. The summed E-state index contributed by atoms with van der Waals surface area (Å²) in [5.74, 6) is 0.188. The van der Waals surface area contributed by atoms with Crippen molar-refractivity contribution in [3.63, 3.8) is 0 Å². The quantitative estimate of drug-likeness (QED) is 0.701. The highest BCUT2D eigenvalue weighted by Gasteiger charge is 2.20. The lowest BCUT2D eigenvalue weighted by Crippen LogP contribution is -2.32. The highest BCUT2D eigenvalue weighted by atomic mass is 32.2. The van der Waals surface area contributed by atoms with Gasteiger partial charge in [0.15, 0.2) is 0 Å². The fourth-order valence-corrected chi connectivity index (χ4v) is 2.52. The molecule has 3 nitrogen and oxygen atoms in total. The monoisotopic (exact) mass is 179 g/mol. The number of hydrogen-bond donors (Lipinski definition) is 1. The van der Waals surface area contributed by atoms with Crippen LogP contribution in [0, 0.1) is 5.41 Å². The van der Waals surface area contributed by atoms with Gasteiger partial charge < -0.3 is 0 Å². The van der Waals surface area contributed by atoms with Crippen molar-refractivity contribution in [3.05, 3.63) is 0 Å². The lowest BCUT2D eigenvalue weighted by molar-refractivity contribution is 0.458. The Morgan fingerprint density at radius 1 is 1.27 bits per heavy atom. The van der Waals surface area contributed by atoms with Crippen LogP contribution in [0.1, 0.15) is 27.7 Å². The molecule has 0 saturated carbocycles. The normalized spacial score (nSPS) is 13.5. The van der Waals surface area contributed by atoms with E-state index in [1.54, 1.807) is 6.92 Å². The molecule has 0 heterocycles. The van der Waals surface area contributed by atoms with Crippen molar-refractivity contribution in [2.24, 2.45) is 5.41 Å². The van der Waals surface area contributed by atoms with Crippen molar-refractivity contribution in [1.82, 2.24) is 4.72 Å². The Labute approximate surface area is 69.2 Å². The third-order valence-corrected chi connectivity index (χ3v) is 2.96. The van der Waals surface area contributed by atoms with E-state index in [0.717, 1.165) is 0 Å². The zero-order valence-electron chi connectivity index (χ0n) is 7.64. The third-order valence-electron chi connectivity index (χ3n) is 0.987. The smallest absolute Gasteiger partial charge is 0.212 e. The average molecular weight is 179 g/mol. The first-order valence-corrected chi connectivity index (χ1v) is 5.39. The van der Waals surface area contributed by atoms with Gasteiger partial charge in [-0.25, -0.2) is 13.1 Å². The van der Waals surface area contributed by atoms with Crippen LogP contribution >= 0.6 is 0 Å². The Kier molecular flexibility index (Phi) is 3.51. The van der Waals surface area contributed by atoms with E-state index in [9.17, 15) is 8.42 Å². The zero-order chi connectivity index (χ0) is 9.12. The van der Waals surface area contributed by atoms with E-state index in [1.165, 1.54) is 0 Å². The summed E-state index contributed by atoms with van der Waals surface area (Å²) in [5.41, 5.74) is -0.166. The zero-order valence-corrected chi connectivity index (χ0v) is 8.46. The predicted octanol–water partition coefficient (Wildman–Crippen LogP) is 0.972. The van der Waals surface area contributed by atoms with E-state index in [4.69, 9.17) is 0 Å². The van der Waals surface area contributed by atoms with Crippen LogP contribution in [-0.4, -0.2) is 20.7 Å². The minimum absolute atomic E-state index is 0.166. The lowest BCUT2D eigenvalue weighted by Gasteiger charge is -2.17. The SMILES string of the molecule is CCNS(=O)(=O)CC(C)(C)C.